The summed E-state index contributed by atoms with van der Waals surface area (Å²) in [5, 5.41) is 4.46. The third kappa shape index (κ3) is 3.59. The van der Waals surface area contributed by atoms with Crippen molar-refractivity contribution in [2.45, 2.75) is 44.6 Å². The Hall–Kier alpha value is -0.350. The van der Waals surface area contributed by atoms with Crippen LogP contribution in [0.25, 0.3) is 0 Å². The summed E-state index contributed by atoms with van der Waals surface area (Å²) >= 11 is 5.47. The molecule has 2 aliphatic rings. The summed E-state index contributed by atoms with van der Waals surface area (Å²) in [5.74, 6) is 0. The lowest BCUT2D eigenvalue weighted by Gasteiger charge is -2.29. The van der Waals surface area contributed by atoms with Crippen LogP contribution in [0.15, 0.2) is 0 Å². The summed E-state index contributed by atoms with van der Waals surface area (Å²) in [6.07, 6.45) is 7.75. The van der Waals surface area contributed by atoms with E-state index in [0.29, 0.717) is 6.04 Å². The molecule has 1 heterocycles. The Morgan fingerprint density at radius 1 is 1.06 bits per heavy atom. The van der Waals surface area contributed by atoms with E-state index in [2.05, 4.69) is 10.2 Å². The molecule has 0 radical (unpaired) electrons. The number of hydrogen-bond acceptors (Lipinski definition) is 2. The fraction of sp³-hybridized carbons (Fsp3) is 0.917. The largest absolute Gasteiger partial charge is 0.380 e. The van der Waals surface area contributed by atoms with E-state index >= 15 is 0 Å². The molecule has 1 aliphatic heterocycles. The second-order valence-electron chi connectivity index (χ2n) is 4.74. The van der Waals surface area contributed by atoms with E-state index in [1.165, 1.54) is 32.1 Å². The van der Waals surface area contributed by atoms with Gasteiger partial charge < -0.3 is 15.0 Å². The minimum Gasteiger partial charge on any atom is -0.380 e. The predicted octanol–water partition coefficient (Wildman–Crippen LogP) is 1.92. The van der Waals surface area contributed by atoms with Crippen LogP contribution in [0.3, 0.4) is 0 Å². The number of ether oxygens (including phenoxy) is 1. The molecule has 16 heavy (non-hydrogen) atoms. The highest BCUT2D eigenvalue weighted by Gasteiger charge is 2.18. The van der Waals surface area contributed by atoms with Gasteiger partial charge in [-0.25, -0.2) is 0 Å². The Morgan fingerprint density at radius 3 is 2.69 bits per heavy atom. The van der Waals surface area contributed by atoms with Crippen molar-refractivity contribution in [3.05, 3.63) is 0 Å². The second kappa shape index (κ2) is 6.40. The molecule has 0 aromatic heterocycles. The molecule has 0 unspecified atom stereocenters. The lowest BCUT2D eigenvalue weighted by atomic mass is 9.96. The van der Waals surface area contributed by atoms with Crippen molar-refractivity contribution < 1.29 is 4.74 Å². The molecule has 0 amide bonds. The first kappa shape index (κ1) is 12.1. The van der Waals surface area contributed by atoms with Gasteiger partial charge in [-0.15, -0.1) is 0 Å². The standard InChI is InChI=1S/C12H22N2OS/c16-12(13-11-5-2-1-3-6-11)14-7-4-9-15-10-8-14/h11H,1-10H2,(H,13,16). The van der Waals surface area contributed by atoms with Gasteiger partial charge in [0.2, 0.25) is 0 Å². The average Bonchev–Trinajstić information content (AvgIpc) is 2.59. The third-order valence-corrected chi connectivity index (χ3v) is 3.82. The molecule has 0 spiro atoms. The van der Waals surface area contributed by atoms with E-state index in [4.69, 9.17) is 17.0 Å². The van der Waals surface area contributed by atoms with Gasteiger partial charge in [-0.2, -0.15) is 0 Å². The van der Waals surface area contributed by atoms with Crippen LogP contribution in [0.2, 0.25) is 0 Å². The molecule has 0 aromatic carbocycles. The van der Waals surface area contributed by atoms with Gasteiger partial charge >= 0.3 is 0 Å². The van der Waals surface area contributed by atoms with E-state index in [9.17, 15) is 0 Å². The van der Waals surface area contributed by atoms with E-state index in [1.54, 1.807) is 0 Å². The number of nitrogens with one attached hydrogen (secondary N) is 1. The Labute approximate surface area is 104 Å². The third-order valence-electron chi connectivity index (χ3n) is 3.44. The number of rotatable bonds is 1. The van der Waals surface area contributed by atoms with E-state index in [0.717, 1.165) is 37.8 Å². The fourth-order valence-electron chi connectivity index (χ4n) is 2.46. The van der Waals surface area contributed by atoms with Crippen LogP contribution in [0, 0.1) is 0 Å². The van der Waals surface area contributed by atoms with Gasteiger partial charge in [0.1, 0.15) is 0 Å². The van der Waals surface area contributed by atoms with Crippen molar-refractivity contribution in [1.29, 1.82) is 0 Å². The summed E-state index contributed by atoms with van der Waals surface area (Å²) in [4.78, 5) is 2.26. The molecule has 2 fully saturated rings. The van der Waals surface area contributed by atoms with Crippen LogP contribution in [0.1, 0.15) is 38.5 Å². The van der Waals surface area contributed by atoms with Gasteiger partial charge in [-0.3, -0.25) is 0 Å². The molecule has 1 aliphatic carbocycles. The normalized spacial score (nSPS) is 23.9. The highest BCUT2D eigenvalue weighted by atomic mass is 32.1. The fourth-order valence-corrected chi connectivity index (χ4v) is 2.81. The molecule has 2 rings (SSSR count). The van der Waals surface area contributed by atoms with E-state index in [-0.39, 0.29) is 0 Å². The molecular formula is C12H22N2OS. The molecule has 0 bridgehead atoms. The molecule has 1 saturated heterocycles. The highest BCUT2D eigenvalue weighted by molar-refractivity contribution is 7.80. The van der Waals surface area contributed by atoms with Crippen LogP contribution >= 0.6 is 12.2 Å². The monoisotopic (exact) mass is 242 g/mol. The summed E-state index contributed by atoms with van der Waals surface area (Å²) < 4.78 is 5.44. The van der Waals surface area contributed by atoms with Gasteiger partial charge in [0.05, 0.1) is 6.61 Å². The predicted molar refractivity (Wildman–Crippen MR) is 69.6 cm³/mol. The lowest BCUT2D eigenvalue weighted by molar-refractivity contribution is 0.147. The number of nitrogens with zero attached hydrogens (tertiary/aromatic N) is 1. The summed E-state index contributed by atoms with van der Waals surface area (Å²) in [5.41, 5.74) is 0. The van der Waals surface area contributed by atoms with Gasteiger partial charge in [0.15, 0.2) is 5.11 Å². The van der Waals surface area contributed by atoms with Gasteiger partial charge in [-0.1, -0.05) is 19.3 Å². The first-order valence-corrected chi connectivity index (χ1v) is 6.90. The SMILES string of the molecule is S=C(NC1CCCCC1)N1CCCOCC1. The Kier molecular flexibility index (Phi) is 4.85. The Balaban J connectivity index is 1.76. The van der Waals surface area contributed by atoms with Crippen molar-refractivity contribution in [2.75, 3.05) is 26.3 Å². The first-order chi connectivity index (χ1) is 7.86. The zero-order chi connectivity index (χ0) is 11.2. The van der Waals surface area contributed by atoms with Crippen LogP contribution < -0.4 is 5.32 Å². The maximum Gasteiger partial charge on any atom is 0.169 e. The molecule has 92 valence electrons. The first-order valence-electron chi connectivity index (χ1n) is 6.49. The Morgan fingerprint density at radius 2 is 1.88 bits per heavy atom. The van der Waals surface area contributed by atoms with Crippen molar-refractivity contribution in [2.24, 2.45) is 0 Å². The topological polar surface area (TPSA) is 24.5 Å². The average molecular weight is 242 g/mol. The summed E-state index contributed by atoms with van der Waals surface area (Å²) in [6.45, 7) is 3.67. The minimum absolute atomic E-state index is 0.616. The van der Waals surface area contributed by atoms with Crippen molar-refractivity contribution in [3.63, 3.8) is 0 Å². The van der Waals surface area contributed by atoms with E-state index in [1.807, 2.05) is 0 Å². The van der Waals surface area contributed by atoms with Crippen molar-refractivity contribution >= 4 is 17.3 Å². The van der Waals surface area contributed by atoms with Crippen molar-refractivity contribution in [1.82, 2.24) is 10.2 Å². The lowest BCUT2D eigenvalue weighted by Crippen LogP contribution is -2.46. The zero-order valence-corrected chi connectivity index (χ0v) is 10.7. The quantitative estimate of drug-likeness (QED) is 0.710. The number of hydrogen-bond donors (Lipinski definition) is 1. The van der Waals surface area contributed by atoms with Crippen LogP contribution in [0.5, 0.6) is 0 Å². The van der Waals surface area contributed by atoms with Crippen LogP contribution in [-0.4, -0.2) is 42.4 Å². The maximum absolute atomic E-state index is 5.47. The molecule has 0 aromatic rings. The van der Waals surface area contributed by atoms with Gasteiger partial charge in [0, 0.05) is 25.7 Å². The molecular weight excluding hydrogens is 220 g/mol. The summed E-state index contributed by atoms with van der Waals surface area (Å²) in [6, 6.07) is 0.616. The minimum atomic E-state index is 0.616. The Bertz CT molecular complexity index is 221. The summed E-state index contributed by atoms with van der Waals surface area (Å²) in [7, 11) is 0. The molecule has 3 nitrogen and oxygen atoms in total. The van der Waals surface area contributed by atoms with Gasteiger partial charge in [0.25, 0.3) is 0 Å². The maximum atomic E-state index is 5.47. The second-order valence-corrected chi connectivity index (χ2v) is 5.12. The zero-order valence-electron chi connectivity index (χ0n) is 9.91. The van der Waals surface area contributed by atoms with Gasteiger partial charge in [-0.05, 0) is 31.5 Å². The smallest absolute Gasteiger partial charge is 0.169 e. The highest BCUT2D eigenvalue weighted by Crippen LogP contribution is 2.17. The van der Waals surface area contributed by atoms with Crippen LogP contribution in [-0.2, 0) is 4.74 Å². The molecule has 0 atom stereocenters. The molecule has 1 saturated carbocycles. The molecule has 1 N–H and O–H groups in total. The van der Waals surface area contributed by atoms with E-state index < -0.39 is 0 Å². The molecule has 4 heteroatoms. The number of thiocarbonyl (C=S) groups is 1. The van der Waals surface area contributed by atoms with Crippen LogP contribution in [0.4, 0.5) is 0 Å². The van der Waals surface area contributed by atoms with Crippen molar-refractivity contribution in [3.8, 4) is 0 Å².